The molecule has 0 heterocycles. The number of methoxy groups -OCH3 is 1. The average molecular weight is 423 g/mol. The van der Waals surface area contributed by atoms with Crippen molar-refractivity contribution in [2.45, 2.75) is 19.4 Å². The third-order valence-electron chi connectivity index (χ3n) is 3.72. The van der Waals surface area contributed by atoms with E-state index in [0.29, 0.717) is 39.1 Å². The molecular weight excluding hydrogens is 403 g/mol. The van der Waals surface area contributed by atoms with Crippen molar-refractivity contribution in [3.8, 4) is 17.2 Å². The van der Waals surface area contributed by atoms with Crippen LogP contribution in [-0.2, 0) is 11.2 Å². The summed E-state index contributed by atoms with van der Waals surface area (Å²) in [4.78, 5) is 12.2. The Morgan fingerprint density at radius 1 is 1.32 bits per heavy atom. The van der Waals surface area contributed by atoms with Gasteiger partial charge in [-0.1, -0.05) is 29.3 Å². The molecule has 0 radical (unpaired) electrons. The van der Waals surface area contributed by atoms with Crippen LogP contribution in [-0.4, -0.2) is 30.4 Å². The van der Waals surface area contributed by atoms with Crippen LogP contribution >= 0.6 is 23.2 Å². The smallest absolute Gasteiger partial charge is 0.280 e. The fraction of sp³-hybridized carbons (Fsp3) is 0.200. The summed E-state index contributed by atoms with van der Waals surface area (Å²) in [6.07, 6.45) is 2.73. The Kier molecular flexibility index (Phi) is 7.72. The van der Waals surface area contributed by atoms with Crippen LogP contribution in [0.1, 0.15) is 18.1 Å². The first-order valence-corrected chi connectivity index (χ1v) is 9.06. The van der Waals surface area contributed by atoms with Gasteiger partial charge < -0.3 is 14.6 Å². The van der Waals surface area contributed by atoms with E-state index in [0.717, 1.165) is 0 Å². The van der Waals surface area contributed by atoms with E-state index < -0.39 is 12.0 Å². The van der Waals surface area contributed by atoms with E-state index in [1.165, 1.54) is 19.4 Å². The van der Waals surface area contributed by atoms with Crippen LogP contribution in [0.2, 0.25) is 10.0 Å². The summed E-state index contributed by atoms with van der Waals surface area (Å²) in [6, 6.07) is 8.06. The lowest BCUT2D eigenvalue weighted by Gasteiger charge is -2.14. The number of hydrogen-bond acceptors (Lipinski definition) is 5. The molecule has 2 N–H and O–H groups in total. The van der Waals surface area contributed by atoms with Crippen LogP contribution in [0.15, 0.2) is 48.1 Å². The number of hydrogen-bond donors (Lipinski definition) is 2. The maximum atomic E-state index is 12.2. The first kappa shape index (κ1) is 21.6. The Balaban J connectivity index is 2.04. The number of halogens is 2. The van der Waals surface area contributed by atoms with Gasteiger partial charge in [0.1, 0.15) is 5.75 Å². The van der Waals surface area contributed by atoms with E-state index in [-0.39, 0.29) is 5.75 Å². The minimum atomic E-state index is -0.832. The van der Waals surface area contributed by atoms with Gasteiger partial charge in [0.25, 0.3) is 5.91 Å². The molecule has 148 valence electrons. The molecule has 2 rings (SSSR count). The number of carbonyl (C=O) groups excluding carboxylic acids is 1. The minimum Gasteiger partial charge on any atom is -0.504 e. The SMILES string of the molecule is C=CCc1cc(C=NNC(=O)C(C)Oc2ccc(Cl)cc2Cl)cc(OC)c1O. The second kappa shape index (κ2) is 10.0. The van der Waals surface area contributed by atoms with Crippen LogP contribution < -0.4 is 14.9 Å². The lowest BCUT2D eigenvalue weighted by molar-refractivity contribution is -0.127. The second-order valence-corrected chi connectivity index (χ2v) is 6.64. The van der Waals surface area contributed by atoms with Crippen LogP contribution in [0.5, 0.6) is 17.2 Å². The minimum absolute atomic E-state index is 0.0467. The summed E-state index contributed by atoms with van der Waals surface area (Å²) in [5.41, 5.74) is 3.67. The van der Waals surface area contributed by atoms with E-state index in [1.54, 1.807) is 37.3 Å². The van der Waals surface area contributed by atoms with Gasteiger partial charge in [0.05, 0.1) is 18.3 Å². The number of hydrazone groups is 1. The molecule has 1 atom stereocenters. The van der Waals surface area contributed by atoms with Gasteiger partial charge in [-0.05, 0) is 49.2 Å². The highest BCUT2D eigenvalue weighted by molar-refractivity contribution is 6.35. The Hall–Kier alpha value is -2.70. The van der Waals surface area contributed by atoms with Crippen LogP contribution in [0.25, 0.3) is 0 Å². The predicted molar refractivity (Wildman–Crippen MR) is 111 cm³/mol. The Morgan fingerprint density at radius 2 is 2.07 bits per heavy atom. The molecular formula is C20H20Cl2N2O4. The molecule has 8 heteroatoms. The number of carbonyl (C=O) groups is 1. The third-order valence-corrected chi connectivity index (χ3v) is 4.25. The Morgan fingerprint density at radius 3 is 2.71 bits per heavy atom. The number of phenols is 1. The molecule has 0 aliphatic heterocycles. The predicted octanol–water partition coefficient (Wildman–Crippen LogP) is 4.35. The molecule has 0 spiro atoms. The maximum Gasteiger partial charge on any atom is 0.280 e. The summed E-state index contributed by atoms with van der Waals surface area (Å²) in [5.74, 6) is 0.237. The molecule has 0 saturated heterocycles. The number of rotatable bonds is 8. The number of benzene rings is 2. The lowest BCUT2D eigenvalue weighted by Crippen LogP contribution is -2.33. The van der Waals surface area contributed by atoms with Gasteiger partial charge in [0.2, 0.25) is 0 Å². The fourth-order valence-electron chi connectivity index (χ4n) is 2.31. The number of nitrogens with zero attached hydrogens (tertiary/aromatic N) is 1. The molecule has 2 aromatic carbocycles. The third kappa shape index (κ3) is 5.65. The van der Waals surface area contributed by atoms with Crippen molar-refractivity contribution in [1.29, 1.82) is 0 Å². The molecule has 1 amide bonds. The van der Waals surface area contributed by atoms with Crippen molar-refractivity contribution < 1.29 is 19.4 Å². The van der Waals surface area contributed by atoms with Gasteiger partial charge in [-0.25, -0.2) is 5.43 Å². The number of nitrogens with one attached hydrogen (secondary N) is 1. The van der Waals surface area contributed by atoms with Crippen molar-refractivity contribution in [2.24, 2.45) is 5.10 Å². The maximum absolute atomic E-state index is 12.2. The summed E-state index contributed by atoms with van der Waals surface area (Å²) < 4.78 is 10.7. The molecule has 0 aromatic heterocycles. The molecule has 1 unspecified atom stereocenters. The highest BCUT2D eigenvalue weighted by Crippen LogP contribution is 2.31. The topological polar surface area (TPSA) is 80.2 Å². The largest absolute Gasteiger partial charge is 0.504 e. The monoisotopic (exact) mass is 422 g/mol. The lowest BCUT2D eigenvalue weighted by atomic mass is 10.1. The molecule has 0 saturated carbocycles. The van der Waals surface area contributed by atoms with E-state index in [9.17, 15) is 9.90 Å². The fourth-order valence-corrected chi connectivity index (χ4v) is 2.76. The summed E-state index contributed by atoms with van der Waals surface area (Å²) in [7, 11) is 1.45. The molecule has 0 fully saturated rings. The number of phenolic OH excluding ortho intramolecular Hbond substituents is 1. The van der Waals surface area contributed by atoms with Gasteiger partial charge in [-0.3, -0.25) is 4.79 Å². The van der Waals surface area contributed by atoms with Crippen LogP contribution in [0, 0.1) is 0 Å². The second-order valence-electron chi connectivity index (χ2n) is 5.79. The molecule has 2 aromatic rings. The van der Waals surface area contributed by atoms with Gasteiger partial charge >= 0.3 is 0 Å². The molecule has 0 aliphatic rings. The highest BCUT2D eigenvalue weighted by Gasteiger charge is 2.16. The first-order chi connectivity index (χ1) is 13.3. The Bertz CT molecular complexity index is 900. The van der Waals surface area contributed by atoms with Crippen molar-refractivity contribution in [2.75, 3.05) is 7.11 Å². The van der Waals surface area contributed by atoms with Gasteiger partial charge in [0.15, 0.2) is 17.6 Å². The summed E-state index contributed by atoms with van der Waals surface area (Å²) >= 11 is 11.9. The number of amides is 1. The zero-order valence-corrected chi connectivity index (χ0v) is 16.9. The Labute approximate surface area is 173 Å². The van der Waals surface area contributed by atoms with Crippen molar-refractivity contribution in [3.63, 3.8) is 0 Å². The zero-order chi connectivity index (χ0) is 20.7. The number of allylic oxidation sites excluding steroid dienone is 1. The van der Waals surface area contributed by atoms with Crippen LogP contribution in [0.3, 0.4) is 0 Å². The van der Waals surface area contributed by atoms with Crippen molar-refractivity contribution in [3.05, 3.63) is 64.2 Å². The standard InChI is InChI=1S/C20H20Cl2N2O4/c1-4-5-14-8-13(9-18(27-3)19(14)25)11-23-24-20(26)12(2)28-17-7-6-15(21)10-16(17)22/h4,6-12,25H,1,5H2,2-3H3,(H,24,26). The summed E-state index contributed by atoms with van der Waals surface area (Å²) in [6.45, 7) is 5.23. The number of aromatic hydroxyl groups is 1. The molecule has 0 aliphatic carbocycles. The van der Waals surface area contributed by atoms with E-state index >= 15 is 0 Å². The average Bonchev–Trinajstić information content (AvgIpc) is 2.66. The van der Waals surface area contributed by atoms with E-state index in [1.807, 2.05) is 0 Å². The van der Waals surface area contributed by atoms with Crippen molar-refractivity contribution in [1.82, 2.24) is 5.43 Å². The first-order valence-electron chi connectivity index (χ1n) is 8.31. The van der Waals surface area contributed by atoms with E-state index in [4.69, 9.17) is 32.7 Å². The normalized spacial score (nSPS) is 11.9. The summed E-state index contributed by atoms with van der Waals surface area (Å²) in [5, 5.41) is 14.8. The van der Waals surface area contributed by atoms with Gasteiger partial charge in [0, 0.05) is 10.6 Å². The van der Waals surface area contributed by atoms with Gasteiger partial charge in [-0.2, -0.15) is 5.10 Å². The highest BCUT2D eigenvalue weighted by atomic mass is 35.5. The van der Waals surface area contributed by atoms with Crippen molar-refractivity contribution >= 4 is 35.3 Å². The molecule has 0 bridgehead atoms. The molecule has 28 heavy (non-hydrogen) atoms. The number of ether oxygens (including phenoxy) is 2. The van der Waals surface area contributed by atoms with E-state index in [2.05, 4.69) is 17.1 Å². The van der Waals surface area contributed by atoms with Crippen LogP contribution in [0.4, 0.5) is 0 Å². The molecule has 6 nitrogen and oxygen atoms in total. The zero-order valence-electron chi connectivity index (χ0n) is 15.4. The quantitative estimate of drug-likeness (QED) is 0.376. The van der Waals surface area contributed by atoms with Gasteiger partial charge in [-0.15, -0.1) is 6.58 Å².